The van der Waals surface area contributed by atoms with Gasteiger partial charge in [0, 0.05) is 24.5 Å². The number of benzene rings is 1. The number of piperazine rings is 1. The van der Waals surface area contributed by atoms with Crippen molar-refractivity contribution in [3.05, 3.63) is 30.3 Å². The standard InChI is InChI=1S/C14H16N2O4S/c1-14(2)13(17)15-7-8-16(14)21(18,19)12-9-10-5-3-4-6-11(10)20-12/h3-6,9H,7-8H2,1-2H3,(H,15,17). The lowest BCUT2D eigenvalue weighted by Gasteiger charge is -2.39. The van der Waals surface area contributed by atoms with E-state index in [2.05, 4.69) is 5.32 Å². The summed E-state index contributed by atoms with van der Waals surface area (Å²) in [6.45, 7) is 3.68. The minimum atomic E-state index is -3.86. The van der Waals surface area contributed by atoms with Crippen molar-refractivity contribution < 1.29 is 17.6 Å². The lowest BCUT2D eigenvalue weighted by atomic mass is 10.0. The van der Waals surface area contributed by atoms with Gasteiger partial charge in [0.25, 0.3) is 10.0 Å². The number of sulfonamides is 1. The van der Waals surface area contributed by atoms with E-state index in [1.54, 1.807) is 32.0 Å². The first-order valence-electron chi connectivity index (χ1n) is 6.63. The van der Waals surface area contributed by atoms with Crippen molar-refractivity contribution >= 4 is 26.9 Å². The molecule has 2 heterocycles. The molecule has 1 aliphatic rings. The van der Waals surface area contributed by atoms with Gasteiger partial charge in [0.2, 0.25) is 11.0 Å². The Morgan fingerprint density at radius 1 is 1.29 bits per heavy atom. The highest BCUT2D eigenvalue weighted by molar-refractivity contribution is 7.89. The highest BCUT2D eigenvalue weighted by atomic mass is 32.2. The van der Waals surface area contributed by atoms with Crippen LogP contribution < -0.4 is 5.32 Å². The lowest BCUT2D eigenvalue weighted by Crippen LogP contribution is -2.63. The Hall–Kier alpha value is -1.86. The topological polar surface area (TPSA) is 79.6 Å². The lowest BCUT2D eigenvalue weighted by molar-refractivity contribution is -0.131. The van der Waals surface area contributed by atoms with Gasteiger partial charge in [-0.1, -0.05) is 18.2 Å². The van der Waals surface area contributed by atoms with Crippen molar-refractivity contribution in [1.82, 2.24) is 9.62 Å². The molecule has 0 saturated carbocycles. The maximum absolute atomic E-state index is 12.8. The second-order valence-corrected chi connectivity index (χ2v) is 7.29. The Morgan fingerprint density at radius 2 is 2.00 bits per heavy atom. The van der Waals surface area contributed by atoms with Crippen molar-refractivity contribution in [3.8, 4) is 0 Å². The van der Waals surface area contributed by atoms with Crippen LogP contribution in [0.2, 0.25) is 0 Å². The minimum absolute atomic E-state index is 0.133. The second kappa shape index (κ2) is 4.57. The molecule has 1 saturated heterocycles. The first-order valence-corrected chi connectivity index (χ1v) is 8.07. The largest absolute Gasteiger partial charge is 0.443 e. The molecule has 2 aromatic rings. The molecule has 1 aliphatic heterocycles. The number of fused-ring (bicyclic) bond motifs is 1. The number of nitrogens with zero attached hydrogens (tertiary/aromatic N) is 1. The third-order valence-corrected chi connectivity index (χ3v) is 5.66. The number of hydrogen-bond acceptors (Lipinski definition) is 4. The van der Waals surface area contributed by atoms with Crippen molar-refractivity contribution in [2.75, 3.05) is 13.1 Å². The predicted octanol–water partition coefficient (Wildman–Crippen LogP) is 1.33. The molecule has 0 aliphatic carbocycles. The zero-order chi connectivity index (χ0) is 15.3. The van der Waals surface area contributed by atoms with E-state index < -0.39 is 15.6 Å². The second-order valence-electron chi connectivity index (χ2n) is 5.50. The van der Waals surface area contributed by atoms with Gasteiger partial charge in [-0.3, -0.25) is 4.79 Å². The van der Waals surface area contributed by atoms with Crippen LogP contribution in [0.25, 0.3) is 11.0 Å². The third kappa shape index (κ3) is 2.13. The van der Waals surface area contributed by atoms with Crippen molar-refractivity contribution in [3.63, 3.8) is 0 Å². The summed E-state index contributed by atoms with van der Waals surface area (Å²) in [5.74, 6) is -0.312. The van der Waals surface area contributed by atoms with Crippen LogP contribution in [-0.4, -0.2) is 37.3 Å². The first kappa shape index (κ1) is 14.1. The fourth-order valence-corrected chi connectivity index (χ4v) is 4.20. The van der Waals surface area contributed by atoms with E-state index in [0.717, 1.165) is 5.39 Å². The molecular formula is C14H16N2O4S. The minimum Gasteiger partial charge on any atom is -0.443 e. The fraction of sp³-hybridized carbons (Fsp3) is 0.357. The fourth-order valence-electron chi connectivity index (χ4n) is 2.49. The highest BCUT2D eigenvalue weighted by Crippen LogP contribution is 2.30. The van der Waals surface area contributed by atoms with Crippen LogP contribution in [0.5, 0.6) is 0 Å². The van der Waals surface area contributed by atoms with E-state index >= 15 is 0 Å². The van der Waals surface area contributed by atoms with E-state index in [9.17, 15) is 13.2 Å². The predicted molar refractivity (Wildman–Crippen MR) is 77.2 cm³/mol. The Morgan fingerprint density at radius 3 is 2.71 bits per heavy atom. The van der Waals surface area contributed by atoms with E-state index in [-0.39, 0.29) is 17.5 Å². The van der Waals surface area contributed by atoms with Gasteiger partial charge >= 0.3 is 0 Å². The van der Waals surface area contributed by atoms with Crippen LogP contribution in [0.3, 0.4) is 0 Å². The Labute approximate surface area is 122 Å². The summed E-state index contributed by atoms with van der Waals surface area (Å²) >= 11 is 0. The van der Waals surface area contributed by atoms with Crippen LogP contribution >= 0.6 is 0 Å². The Kier molecular flexibility index (Phi) is 3.07. The summed E-state index contributed by atoms with van der Waals surface area (Å²) < 4.78 is 32.2. The number of carbonyl (C=O) groups is 1. The maximum Gasteiger partial charge on any atom is 0.277 e. The van der Waals surface area contributed by atoms with E-state index in [1.807, 2.05) is 6.07 Å². The van der Waals surface area contributed by atoms with Crippen LogP contribution in [-0.2, 0) is 14.8 Å². The molecule has 112 valence electrons. The van der Waals surface area contributed by atoms with Crippen LogP contribution in [0, 0.1) is 0 Å². The Balaban J connectivity index is 2.09. The first-order chi connectivity index (χ1) is 9.83. The third-order valence-electron chi connectivity index (χ3n) is 3.73. The Bertz CT molecular complexity index is 774. The average Bonchev–Trinajstić information content (AvgIpc) is 2.86. The number of furan rings is 1. The summed E-state index contributed by atoms with van der Waals surface area (Å²) in [6.07, 6.45) is 0. The molecule has 7 heteroatoms. The van der Waals surface area contributed by atoms with Gasteiger partial charge in [0.05, 0.1) is 0 Å². The maximum atomic E-state index is 12.8. The summed E-state index contributed by atoms with van der Waals surface area (Å²) in [7, 11) is -3.86. The molecule has 1 fully saturated rings. The zero-order valence-corrected chi connectivity index (χ0v) is 12.6. The summed E-state index contributed by atoms with van der Waals surface area (Å²) in [4.78, 5) is 11.9. The van der Waals surface area contributed by atoms with Crippen LogP contribution in [0.1, 0.15) is 13.8 Å². The molecule has 0 bridgehead atoms. The molecule has 0 spiro atoms. The number of nitrogens with one attached hydrogen (secondary N) is 1. The number of hydrogen-bond donors (Lipinski definition) is 1. The molecule has 1 aromatic carbocycles. The number of amides is 1. The number of rotatable bonds is 2. The van der Waals surface area contributed by atoms with Gasteiger partial charge in [0.1, 0.15) is 11.1 Å². The van der Waals surface area contributed by atoms with E-state index in [0.29, 0.717) is 12.1 Å². The van der Waals surface area contributed by atoms with Gasteiger partial charge in [-0.05, 0) is 19.9 Å². The monoisotopic (exact) mass is 308 g/mol. The summed E-state index contributed by atoms with van der Waals surface area (Å²) in [6, 6.07) is 8.58. The quantitative estimate of drug-likeness (QED) is 0.907. The van der Waals surface area contributed by atoms with Crippen molar-refractivity contribution in [1.29, 1.82) is 0 Å². The van der Waals surface area contributed by atoms with Crippen LogP contribution in [0.4, 0.5) is 0 Å². The normalized spacial score (nSPS) is 19.6. The molecule has 0 radical (unpaired) electrons. The smallest absolute Gasteiger partial charge is 0.277 e. The van der Waals surface area contributed by atoms with Gasteiger partial charge in [0.15, 0.2) is 0 Å². The van der Waals surface area contributed by atoms with E-state index in [4.69, 9.17) is 4.42 Å². The van der Waals surface area contributed by atoms with Gasteiger partial charge in [-0.25, -0.2) is 8.42 Å². The summed E-state index contributed by atoms with van der Waals surface area (Å²) in [5, 5.41) is 3.26. The zero-order valence-electron chi connectivity index (χ0n) is 11.8. The van der Waals surface area contributed by atoms with Gasteiger partial charge in [-0.15, -0.1) is 0 Å². The molecule has 6 nitrogen and oxygen atoms in total. The van der Waals surface area contributed by atoms with E-state index in [1.165, 1.54) is 10.4 Å². The van der Waals surface area contributed by atoms with Gasteiger partial charge in [-0.2, -0.15) is 4.31 Å². The molecule has 0 atom stereocenters. The molecule has 1 aromatic heterocycles. The molecule has 0 unspecified atom stereocenters. The highest BCUT2D eigenvalue weighted by Gasteiger charge is 2.46. The molecule has 21 heavy (non-hydrogen) atoms. The number of para-hydroxylation sites is 1. The SMILES string of the molecule is CC1(C)C(=O)NCCN1S(=O)(=O)c1cc2ccccc2o1. The summed E-state index contributed by atoms with van der Waals surface area (Å²) in [5.41, 5.74) is -0.633. The van der Waals surface area contributed by atoms with Crippen molar-refractivity contribution in [2.24, 2.45) is 0 Å². The molecular weight excluding hydrogens is 292 g/mol. The molecule has 3 rings (SSSR count). The van der Waals surface area contributed by atoms with Crippen molar-refractivity contribution in [2.45, 2.75) is 24.5 Å². The molecule has 1 N–H and O–H groups in total. The van der Waals surface area contributed by atoms with Crippen LogP contribution in [0.15, 0.2) is 39.8 Å². The van der Waals surface area contributed by atoms with Gasteiger partial charge < -0.3 is 9.73 Å². The average molecular weight is 308 g/mol. The number of carbonyl (C=O) groups excluding carboxylic acids is 1. The molecule has 1 amide bonds.